The van der Waals surface area contributed by atoms with E-state index in [0.717, 1.165) is 36.8 Å². The monoisotopic (exact) mass is 555 g/mol. The van der Waals surface area contributed by atoms with Crippen LogP contribution in [-0.4, -0.2) is 58.9 Å². The van der Waals surface area contributed by atoms with Crippen molar-refractivity contribution in [3.05, 3.63) is 65.7 Å². The number of carboxylic acids is 1. The molecule has 2 unspecified atom stereocenters. The van der Waals surface area contributed by atoms with Crippen LogP contribution in [0.25, 0.3) is 0 Å². The molecule has 1 amide bonds. The highest BCUT2D eigenvalue weighted by Crippen LogP contribution is 2.34. The molecule has 3 atom stereocenters. The van der Waals surface area contributed by atoms with Gasteiger partial charge in [-0.3, -0.25) is 10.1 Å². The second kappa shape index (κ2) is 15.4. The van der Waals surface area contributed by atoms with Crippen molar-refractivity contribution in [2.24, 2.45) is 5.92 Å². The zero-order valence-corrected chi connectivity index (χ0v) is 23.7. The van der Waals surface area contributed by atoms with E-state index < -0.39 is 18.1 Å². The lowest BCUT2D eigenvalue weighted by molar-refractivity contribution is -0.139. The summed E-state index contributed by atoms with van der Waals surface area (Å²) in [5.41, 5.74) is 9.10. The molecule has 39 heavy (non-hydrogen) atoms. The van der Waals surface area contributed by atoms with Gasteiger partial charge in [0.05, 0.1) is 12.6 Å². The fraction of sp³-hybridized carbons (Fsp3) is 0.500. The zero-order valence-electron chi connectivity index (χ0n) is 22.9. The van der Waals surface area contributed by atoms with Gasteiger partial charge in [0.25, 0.3) is 0 Å². The van der Waals surface area contributed by atoms with Crippen LogP contribution < -0.4 is 11.1 Å². The van der Waals surface area contributed by atoms with Crippen molar-refractivity contribution in [2.75, 3.05) is 25.4 Å². The molecule has 3 rings (SSSR count). The highest BCUT2D eigenvalue weighted by atomic mass is 32.1. The van der Waals surface area contributed by atoms with Crippen molar-refractivity contribution in [3.8, 4) is 0 Å². The Morgan fingerprint density at radius 2 is 1.77 bits per heavy atom. The average Bonchev–Trinajstić information content (AvgIpc) is 2.94. The summed E-state index contributed by atoms with van der Waals surface area (Å²) in [5.74, 6) is -0.403. The van der Waals surface area contributed by atoms with Crippen LogP contribution in [0.1, 0.15) is 63.0 Å². The fourth-order valence-corrected chi connectivity index (χ4v) is 5.35. The molecular formula is C30H41N3O5S. The Hall–Kier alpha value is -3.17. The van der Waals surface area contributed by atoms with Crippen molar-refractivity contribution in [1.82, 2.24) is 10.2 Å². The van der Waals surface area contributed by atoms with Crippen LogP contribution in [-0.2, 0) is 20.9 Å². The normalized spacial score (nSPS) is 16.2. The molecule has 1 aliphatic rings. The summed E-state index contributed by atoms with van der Waals surface area (Å²) < 4.78 is 11.1. The maximum absolute atomic E-state index is 12.6. The summed E-state index contributed by atoms with van der Waals surface area (Å²) >= 11 is 5.52. The van der Waals surface area contributed by atoms with Gasteiger partial charge in [0, 0.05) is 18.8 Å². The smallest absolute Gasteiger partial charge is 0.410 e. The molecule has 8 nitrogen and oxygen atoms in total. The second-order valence-electron chi connectivity index (χ2n) is 10.1. The van der Waals surface area contributed by atoms with E-state index in [9.17, 15) is 14.7 Å². The number of nitrogens with one attached hydrogen (secondary N) is 1. The predicted molar refractivity (Wildman–Crippen MR) is 157 cm³/mol. The van der Waals surface area contributed by atoms with Gasteiger partial charge in [0.2, 0.25) is 0 Å². The van der Waals surface area contributed by atoms with Crippen LogP contribution in [0, 0.1) is 5.92 Å². The highest BCUT2D eigenvalue weighted by Gasteiger charge is 2.29. The number of hydrogen-bond acceptors (Lipinski definition) is 7. The van der Waals surface area contributed by atoms with E-state index in [-0.39, 0.29) is 18.6 Å². The summed E-state index contributed by atoms with van der Waals surface area (Å²) in [5, 5.41) is 13.0. The van der Waals surface area contributed by atoms with Gasteiger partial charge in [-0.05, 0) is 87.2 Å². The number of amides is 1. The van der Waals surface area contributed by atoms with Crippen molar-refractivity contribution in [2.45, 2.75) is 70.6 Å². The first-order chi connectivity index (χ1) is 18.8. The van der Waals surface area contributed by atoms with E-state index in [1.54, 1.807) is 11.8 Å². The van der Waals surface area contributed by atoms with Crippen molar-refractivity contribution < 1.29 is 24.2 Å². The van der Waals surface area contributed by atoms with Gasteiger partial charge >= 0.3 is 12.1 Å². The SMILES string of the molecule is CCOC(=S)C(CC(CCC1CCN(C(=O)OCc2ccccc2)CC1)c1ccccc1N)N[C@H](C)C(=O)O. The number of hydrogen-bond donors (Lipinski definition) is 3. The van der Waals surface area contributed by atoms with Crippen LogP contribution in [0.3, 0.4) is 0 Å². The number of benzene rings is 2. The number of nitrogens with zero attached hydrogens (tertiary/aromatic N) is 1. The third-order valence-electron chi connectivity index (χ3n) is 7.35. The molecule has 2 aromatic rings. The number of thiocarbonyl (C=S) groups is 1. The third-order valence-corrected chi connectivity index (χ3v) is 7.75. The number of carboxylic acid groups (broad SMARTS) is 1. The molecule has 1 aliphatic heterocycles. The summed E-state index contributed by atoms with van der Waals surface area (Å²) in [7, 11) is 0. The van der Waals surface area contributed by atoms with E-state index in [1.165, 1.54) is 0 Å². The maximum Gasteiger partial charge on any atom is 0.410 e. The van der Waals surface area contributed by atoms with E-state index in [0.29, 0.717) is 42.8 Å². The molecule has 1 saturated heterocycles. The van der Waals surface area contributed by atoms with Gasteiger partial charge in [0.1, 0.15) is 12.6 Å². The lowest BCUT2D eigenvalue weighted by atomic mass is 9.82. The lowest BCUT2D eigenvalue weighted by Gasteiger charge is -2.33. The number of anilines is 1. The molecule has 4 N–H and O–H groups in total. The van der Waals surface area contributed by atoms with Crippen molar-refractivity contribution >= 4 is 35.0 Å². The number of piperidine rings is 1. The number of nitrogens with two attached hydrogens (primary N) is 1. The molecule has 0 saturated carbocycles. The summed E-state index contributed by atoms with van der Waals surface area (Å²) in [4.78, 5) is 25.9. The van der Waals surface area contributed by atoms with Crippen molar-refractivity contribution in [1.29, 1.82) is 0 Å². The Morgan fingerprint density at radius 3 is 2.41 bits per heavy atom. The molecule has 212 valence electrons. The van der Waals surface area contributed by atoms with Gasteiger partial charge in [-0.15, -0.1) is 0 Å². The second-order valence-corrected chi connectivity index (χ2v) is 10.5. The van der Waals surface area contributed by atoms with Gasteiger partial charge in [0.15, 0.2) is 5.05 Å². The summed E-state index contributed by atoms with van der Waals surface area (Å²) in [6, 6.07) is 16.3. The third kappa shape index (κ3) is 9.51. The zero-order chi connectivity index (χ0) is 28.2. The maximum atomic E-state index is 12.6. The highest BCUT2D eigenvalue weighted by molar-refractivity contribution is 7.80. The number of carbonyl (C=O) groups is 2. The first-order valence-corrected chi connectivity index (χ1v) is 14.1. The lowest BCUT2D eigenvalue weighted by Crippen LogP contribution is -2.46. The van der Waals surface area contributed by atoms with E-state index >= 15 is 0 Å². The number of carbonyl (C=O) groups excluding carboxylic acids is 1. The number of ether oxygens (including phenoxy) is 2. The van der Waals surface area contributed by atoms with E-state index in [1.807, 2.05) is 61.5 Å². The van der Waals surface area contributed by atoms with Crippen LogP contribution >= 0.6 is 12.2 Å². The molecule has 1 heterocycles. The molecule has 0 radical (unpaired) electrons. The van der Waals surface area contributed by atoms with Crippen LogP contribution in [0.15, 0.2) is 54.6 Å². The Labute approximate surface area is 236 Å². The number of para-hydroxylation sites is 1. The standard InChI is InChI=1S/C30H41N3O5S/c1-3-37-29(39)27(32-21(2)28(34)35)19-24(25-11-7-8-12-26(25)31)14-13-22-15-17-33(18-16-22)30(36)38-20-23-9-5-4-6-10-23/h4-12,21-22,24,27,32H,3,13-20,31H2,1-2H3,(H,34,35)/t21-,24?,27?/m1/s1. The molecule has 0 bridgehead atoms. The number of nitrogen functional groups attached to an aromatic ring is 1. The van der Waals surface area contributed by atoms with E-state index in [4.69, 9.17) is 27.4 Å². The van der Waals surface area contributed by atoms with Gasteiger partial charge in [-0.25, -0.2) is 4.79 Å². The molecular weight excluding hydrogens is 514 g/mol. The molecule has 1 fully saturated rings. The summed E-state index contributed by atoms with van der Waals surface area (Å²) in [6.07, 6.45) is 3.97. The first-order valence-electron chi connectivity index (χ1n) is 13.7. The Balaban J connectivity index is 1.60. The summed E-state index contributed by atoms with van der Waals surface area (Å²) in [6.45, 7) is 5.51. The Morgan fingerprint density at radius 1 is 1.10 bits per heavy atom. The number of likely N-dealkylation sites (tertiary alicyclic amines) is 1. The van der Waals surface area contributed by atoms with E-state index in [2.05, 4.69) is 5.32 Å². The van der Waals surface area contributed by atoms with Crippen molar-refractivity contribution in [3.63, 3.8) is 0 Å². The molecule has 0 spiro atoms. The Bertz CT molecular complexity index is 1080. The molecule has 2 aromatic carbocycles. The minimum atomic E-state index is -0.941. The fourth-order valence-electron chi connectivity index (χ4n) is 5.07. The number of aliphatic carboxylic acids is 1. The van der Waals surface area contributed by atoms with Crippen LogP contribution in [0.4, 0.5) is 10.5 Å². The predicted octanol–water partition coefficient (Wildman–Crippen LogP) is 5.37. The van der Waals surface area contributed by atoms with Gasteiger partial charge in [-0.1, -0.05) is 48.5 Å². The quantitative estimate of drug-likeness (QED) is 0.223. The number of rotatable bonds is 13. The van der Waals surface area contributed by atoms with Gasteiger partial charge in [-0.2, -0.15) is 0 Å². The van der Waals surface area contributed by atoms with Crippen LogP contribution in [0.5, 0.6) is 0 Å². The minimum absolute atomic E-state index is 0.0666. The topological polar surface area (TPSA) is 114 Å². The van der Waals surface area contributed by atoms with Crippen LogP contribution in [0.2, 0.25) is 0 Å². The first kappa shape index (κ1) is 30.4. The molecule has 9 heteroatoms. The minimum Gasteiger partial charge on any atom is -0.486 e. The average molecular weight is 556 g/mol. The Kier molecular flexibility index (Phi) is 12.0. The largest absolute Gasteiger partial charge is 0.486 e. The molecule has 0 aromatic heterocycles. The molecule has 0 aliphatic carbocycles. The van der Waals surface area contributed by atoms with Gasteiger partial charge < -0.3 is 25.2 Å².